The molecule has 0 spiro atoms. The van der Waals surface area contributed by atoms with Gasteiger partial charge in [-0.25, -0.2) is 0 Å². The number of aromatic hydroxyl groups is 3. The van der Waals surface area contributed by atoms with Crippen molar-refractivity contribution in [3.05, 3.63) is 233 Å². The van der Waals surface area contributed by atoms with Crippen LogP contribution in [0.25, 0.3) is 10.9 Å². The largest absolute Gasteiger partial charge is 0.508 e. The maximum atomic E-state index is 15.7. The number of unbranched alkanes of at least 4 members (excludes halogenated alkanes) is 1. The number of carbonyl (C=O) groups excluding carboxylic acids is 15. The number of nitrogens with one attached hydrogen (secondary N) is 10. The Kier molecular flexibility index (Phi) is 38.4. The quantitative estimate of drug-likeness (QED) is 0.0433. The summed E-state index contributed by atoms with van der Waals surface area (Å²) < 4.78 is 0. The topological polar surface area (TPSA) is 483 Å². The van der Waals surface area contributed by atoms with E-state index in [0.29, 0.717) is 62.7 Å². The van der Waals surface area contributed by atoms with E-state index in [1.807, 2.05) is 6.92 Å². The highest BCUT2D eigenvalue weighted by Gasteiger charge is 2.42. The van der Waals surface area contributed by atoms with Crippen molar-refractivity contribution in [1.82, 2.24) is 77.3 Å². The van der Waals surface area contributed by atoms with Crippen LogP contribution < -0.4 is 53.6 Å². The van der Waals surface area contributed by atoms with Crippen molar-refractivity contribution in [2.24, 2.45) is 17.6 Å². The van der Waals surface area contributed by atoms with Gasteiger partial charge in [0.15, 0.2) is 0 Å². The first-order chi connectivity index (χ1) is 63.4. The average molecular weight is 1840 g/mol. The van der Waals surface area contributed by atoms with E-state index in [2.05, 4.69) is 52.8 Å². The Labute approximate surface area is 777 Å². The van der Waals surface area contributed by atoms with E-state index < -0.39 is 186 Å². The zero-order chi connectivity index (χ0) is 96.7. The minimum absolute atomic E-state index is 0.0734. The molecule has 1 aliphatic rings. The molecular weight excluding hydrogens is 1720 g/mol. The predicted octanol–water partition coefficient (Wildman–Crippen LogP) is 3.80. The Morgan fingerprint density at radius 2 is 0.827 bits per heavy atom. The number of aromatic nitrogens is 1. The molecule has 1 saturated heterocycles. The van der Waals surface area contributed by atoms with Crippen LogP contribution in [0.3, 0.4) is 0 Å². The van der Waals surface area contributed by atoms with Gasteiger partial charge in [-0.1, -0.05) is 193 Å². The first-order valence-electron chi connectivity index (χ1n) is 44.3. The van der Waals surface area contributed by atoms with Gasteiger partial charge >= 0.3 is 0 Å². The lowest BCUT2D eigenvalue weighted by Gasteiger charge is -2.37. The molecule has 9 rings (SSSR count). The summed E-state index contributed by atoms with van der Waals surface area (Å²) in [6.45, 7) is 6.54. The van der Waals surface area contributed by atoms with Crippen LogP contribution in [0.5, 0.6) is 17.2 Å². The van der Waals surface area contributed by atoms with E-state index in [9.17, 15) is 39.3 Å². The number of rotatable bonds is 23. The van der Waals surface area contributed by atoms with Gasteiger partial charge < -0.3 is 98.4 Å². The molecule has 7 aromatic carbocycles. The number of aromatic amines is 1. The fourth-order valence-electron chi connectivity index (χ4n) is 15.6. The van der Waals surface area contributed by atoms with Gasteiger partial charge in [-0.05, 0) is 106 Å². The summed E-state index contributed by atoms with van der Waals surface area (Å²) in [7, 11) is 6.79. The lowest BCUT2D eigenvalue weighted by Crippen LogP contribution is -2.61. The number of likely N-dealkylation sites (N-methyl/N-ethyl adjacent to an activating group) is 5. The molecule has 15 N–H and O–H groups in total. The van der Waals surface area contributed by atoms with Crippen molar-refractivity contribution >= 4 is 111 Å². The van der Waals surface area contributed by atoms with E-state index in [0.717, 1.165) is 26.5 Å². The van der Waals surface area contributed by atoms with Gasteiger partial charge in [0.2, 0.25) is 88.6 Å². The summed E-state index contributed by atoms with van der Waals surface area (Å²) >= 11 is 0.843. The zero-order valence-electron chi connectivity index (χ0n) is 76.5. The molecular formula is C98H122N16O18S. The molecule has 1 aliphatic heterocycles. The van der Waals surface area contributed by atoms with Crippen LogP contribution in [-0.2, 0) is 117 Å². The van der Waals surface area contributed by atoms with E-state index in [4.69, 9.17) is 5.73 Å². The summed E-state index contributed by atoms with van der Waals surface area (Å²) in [5.74, 6) is -15.0. The third-order valence-electron chi connectivity index (χ3n) is 23.1. The number of phenolic OH excluding ortho intramolecular Hbond substituents is 3. The normalized spacial score (nSPS) is 21.6. The minimum Gasteiger partial charge on any atom is -0.508 e. The van der Waals surface area contributed by atoms with Crippen LogP contribution in [0.1, 0.15) is 99.2 Å². The van der Waals surface area contributed by atoms with Crippen LogP contribution >= 0.6 is 11.8 Å². The molecule has 8 aromatic rings. The number of phenols is 3. The standard InChI is InChI=1S/C98H122N16O18S/c1-11-12-32-80-96(130)111(7)56-85(120)102-74(46-64-33-39-68(115)40-34-64)92(126)109-87(60(4)5)98(132)113(9)81(50-62-26-18-14-19-27-62)93(127)107-77(49-66-37-43-70(117)44-38-66)94(128)110(6)55-84(119)103-76(52-67-53-100-72-31-23-22-30-71(67)72)91(125)106-75(47-65-35-41-69(116)42-36-65)90(124)105-73(45-59(2)3)89(123)108-79(88(122)101-54-83(99)118)57-133-58-86(121)104-78(48-61-24-16-13-17-25-61)95(129)114(10)82(97(131)112(80)8)51-63-28-20-15-21-29-63/h13-31,33-44,53,59-60,73-82,87,100,115-117H,11-12,32,45-52,54-58H2,1-10H3,(H2,99,118)(H,101,122)(H,102,120)(H,103,119)(H,104,121)(H,105,124)(H,106,125)(H,107,127)(H,108,123)(H,109,126)/t73-,74-,75-,76-,77-,78-,79-,80-,81-,82-,87-/m0/s1. The molecule has 708 valence electrons. The molecule has 0 aliphatic carbocycles. The van der Waals surface area contributed by atoms with E-state index in [1.165, 1.54) is 118 Å². The molecule has 0 unspecified atom stereocenters. The second-order valence-corrected chi connectivity index (χ2v) is 35.4. The number of hydrogen-bond donors (Lipinski definition) is 14. The first-order valence-corrected chi connectivity index (χ1v) is 45.4. The smallest absolute Gasteiger partial charge is 0.246 e. The number of primary amides is 1. The Morgan fingerprint density at radius 1 is 0.421 bits per heavy atom. The molecule has 133 heavy (non-hydrogen) atoms. The summed E-state index contributed by atoms with van der Waals surface area (Å²) in [4.78, 5) is 233. The number of H-pyrrole nitrogens is 1. The maximum absolute atomic E-state index is 15.7. The zero-order valence-corrected chi connectivity index (χ0v) is 77.3. The van der Waals surface area contributed by atoms with Crippen LogP contribution in [0.4, 0.5) is 0 Å². The summed E-state index contributed by atoms with van der Waals surface area (Å²) in [6.07, 6.45) is 1.16. The van der Waals surface area contributed by atoms with Crippen molar-refractivity contribution in [3.8, 4) is 17.2 Å². The number of nitrogens with two attached hydrogens (primary N) is 1. The lowest BCUT2D eigenvalue weighted by molar-refractivity contribution is -0.151. The van der Waals surface area contributed by atoms with Crippen LogP contribution in [0, 0.1) is 11.8 Å². The number of carbonyl (C=O) groups is 15. The SMILES string of the molecule is CCCC[C@H]1C(=O)N(C)CC(=O)N[C@@H](Cc2ccc(O)cc2)C(=O)N[C@@H](C(C)C)C(=O)N(C)[C@@H](Cc2ccccc2)C(=O)N[C@@H](Cc2ccc(O)cc2)C(=O)N(C)CC(=O)N[C@@H](Cc2c[nH]c3ccccc23)C(=O)N[C@@H](Cc2ccc(O)cc2)C(=O)N[C@@H](CC(C)C)C(=O)N[C@H](C(=O)NCC(N)=O)CSCC(=O)N[C@@H](Cc2ccccc2)C(=O)N(C)[C@@H](Cc2ccccc2)C(=O)N1C. The molecule has 1 fully saturated rings. The number of amides is 15. The molecule has 34 nitrogen and oxygen atoms in total. The number of benzene rings is 7. The molecule has 1 aromatic heterocycles. The maximum Gasteiger partial charge on any atom is 0.246 e. The summed E-state index contributed by atoms with van der Waals surface area (Å²) in [5, 5.41) is 56.5. The average Bonchev–Trinajstić information content (AvgIpc) is 0.982. The predicted molar refractivity (Wildman–Crippen MR) is 502 cm³/mol. The molecule has 15 amide bonds. The number of thioether (sulfide) groups is 1. The van der Waals surface area contributed by atoms with Crippen molar-refractivity contribution in [1.29, 1.82) is 0 Å². The number of nitrogens with zero attached hydrogens (tertiary/aromatic N) is 5. The van der Waals surface area contributed by atoms with Crippen molar-refractivity contribution in [3.63, 3.8) is 0 Å². The molecule has 2 heterocycles. The van der Waals surface area contributed by atoms with Gasteiger partial charge in [0.1, 0.15) is 83.7 Å². The van der Waals surface area contributed by atoms with Crippen molar-refractivity contribution < 1.29 is 87.2 Å². The Morgan fingerprint density at radius 3 is 1.33 bits per heavy atom. The van der Waals surface area contributed by atoms with Gasteiger partial charge in [0.05, 0.1) is 25.4 Å². The van der Waals surface area contributed by atoms with Gasteiger partial charge in [0.25, 0.3) is 0 Å². The highest BCUT2D eigenvalue weighted by Crippen LogP contribution is 2.25. The highest BCUT2D eigenvalue weighted by atomic mass is 32.2. The third-order valence-corrected chi connectivity index (χ3v) is 24.1. The van der Waals surface area contributed by atoms with E-state index >= 15 is 47.9 Å². The third kappa shape index (κ3) is 30.8. The van der Waals surface area contributed by atoms with Gasteiger partial charge in [-0.15, -0.1) is 11.8 Å². The summed E-state index contributed by atoms with van der Waals surface area (Å²) in [5.41, 5.74) is 9.71. The molecule has 35 heteroatoms. The van der Waals surface area contributed by atoms with Crippen LogP contribution in [0.2, 0.25) is 0 Å². The number of hydrogen-bond acceptors (Lipinski definition) is 19. The minimum atomic E-state index is -1.59. The second-order valence-electron chi connectivity index (χ2n) is 34.3. The van der Waals surface area contributed by atoms with Crippen molar-refractivity contribution in [2.75, 3.05) is 66.4 Å². The molecule has 0 saturated carbocycles. The first kappa shape index (κ1) is 103. The monoisotopic (exact) mass is 1840 g/mol. The Balaban J connectivity index is 1.12. The van der Waals surface area contributed by atoms with Gasteiger partial charge in [-0.2, -0.15) is 0 Å². The van der Waals surface area contributed by atoms with Crippen LogP contribution in [-0.4, -0.2) is 266 Å². The van der Waals surface area contributed by atoms with Gasteiger partial charge in [0, 0.05) is 103 Å². The van der Waals surface area contributed by atoms with E-state index in [1.54, 1.807) is 149 Å². The molecule has 11 atom stereocenters. The number of fused-ring (bicyclic) bond motifs is 1. The summed E-state index contributed by atoms with van der Waals surface area (Å²) in [6, 6.07) is 34.3. The molecule has 0 radical (unpaired) electrons. The molecule has 0 bridgehead atoms. The highest BCUT2D eigenvalue weighted by molar-refractivity contribution is 8.00. The van der Waals surface area contributed by atoms with Crippen molar-refractivity contribution in [2.45, 2.75) is 172 Å². The Hall–Kier alpha value is -14.1. The van der Waals surface area contributed by atoms with Crippen LogP contribution in [0.15, 0.2) is 194 Å². The van der Waals surface area contributed by atoms with E-state index in [-0.39, 0.29) is 86.7 Å². The lowest BCUT2D eigenvalue weighted by atomic mass is 9.97. The Bertz CT molecular complexity index is 5340. The fourth-order valence-corrected chi connectivity index (χ4v) is 16.5. The van der Waals surface area contributed by atoms with Gasteiger partial charge in [-0.3, -0.25) is 71.9 Å². The number of para-hydroxylation sites is 1. The second kappa shape index (κ2) is 49.8. The fraction of sp³-hybridized carbons (Fsp3) is 0.398.